The number of methoxy groups -OCH3 is 2. The van der Waals surface area contributed by atoms with Crippen LogP contribution in [-0.2, 0) is 25.8 Å². The highest BCUT2D eigenvalue weighted by Crippen LogP contribution is 2.33. The molecule has 136 valence electrons. The summed E-state index contributed by atoms with van der Waals surface area (Å²) in [7, 11) is 3.25. The van der Waals surface area contributed by atoms with Gasteiger partial charge in [-0.3, -0.25) is 9.36 Å². The Morgan fingerprint density at radius 1 is 1.15 bits per heavy atom. The fraction of sp³-hybridized carbons (Fsp3) is 0.400. The van der Waals surface area contributed by atoms with Gasteiger partial charge >= 0.3 is 0 Å². The summed E-state index contributed by atoms with van der Waals surface area (Å²) >= 11 is 1.69. The number of hydrogen-bond acceptors (Lipinski definition) is 5. The van der Waals surface area contributed by atoms with Crippen molar-refractivity contribution in [3.8, 4) is 11.5 Å². The first-order valence-electron chi connectivity index (χ1n) is 8.92. The molecular formula is C20H22N2O3S. The molecule has 0 unspecified atom stereocenters. The second kappa shape index (κ2) is 7.11. The first-order chi connectivity index (χ1) is 12.7. The van der Waals surface area contributed by atoms with Gasteiger partial charge in [0.15, 0.2) is 11.5 Å². The van der Waals surface area contributed by atoms with Crippen molar-refractivity contribution in [1.82, 2.24) is 9.55 Å². The lowest BCUT2D eigenvalue weighted by atomic mass is 9.97. The minimum atomic E-state index is 0.0925. The fourth-order valence-corrected chi connectivity index (χ4v) is 4.85. The molecule has 1 aromatic carbocycles. The van der Waals surface area contributed by atoms with E-state index in [9.17, 15) is 4.79 Å². The van der Waals surface area contributed by atoms with Crippen LogP contribution in [-0.4, -0.2) is 23.8 Å². The molecule has 0 saturated carbocycles. The van der Waals surface area contributed by atoms with Crippen LogP contribution in [0.4, 0.5) is 0 Å². The molecule has 5 nitrogen and oxygen atoms in total. The Labute approximate surface area is 156 Å². The van der Waals surface area contributed by atoms with Crippen LogP contribution in [0.15, 0.2) is 29.3 Å². The first kappa shape index (κ1) is 17.1. The summed E-state index contributed by atoms with van der Waals surface area (Å²) in [5, 5.41) is 0.847. The third kappa shape index (κ3) is 2.98. The van der Waals surface area contributed by atoms with E-state index in [4.69, 9.17) is 9.47 Å². The molecule has 0 N–H and O–H groups in total. The first-order valence-corrected chi connectivity index (χ1v) is 9.73. The maximum Gasteiger partial charge on any atom is 0.262 e. The highest BCUT2D eigenvalue weighted by molar-refractivity contribution is 7.18. The molecule has 0 spiro atoms. The standard InChI is InChI=1S/C20H22N2O3S/c1-24-15-8-7-13(11-16(15)25-2)9-10-22-12-21-19-18(20(22)23)14-5-3-4-6-17(14)26-19/h7-8,11-12H,3-6,9-10H2,1-2H3. The lowest BCUT2D eigenvalue weighted by molar-refractivity contribution is 0.354. The summed E-state index contributed by atoms with van der Waals surface area (Å²) in [6, 6.07) is 5.86. The quantitative estimate of drug-likeness (QED) is 0.689. The lowest BCUT2D eigenvalue weighted by Gasteiger charge is -2.11. The minimum absolute atomic E-state index is 0.0925. The average molecular weight is 370 g/mol. The molecule has 0 amide bonds. The fourth-order valence-electron chi connectivity index (χ4n) is 3.63. The predicted octanol–water partition coefficient (Wildman–Crippen LogP) is 3.60. The third-order valence-corrected chi connectivity index (χ3v) is 6.23. The molecule has 6 heteroatoms. The number of nitrogens with zero attached hydrogens (tertiary/aromatic N) is 2. The molecule has 0 aliphatic heterocycles. The van der Waals surface area contributed by atoms with Gasteiger partial charge in [-0.15, -0.1) is 11.3 Å². The van der Waals surface area contributed by atoms with Gasteiger partial charge in [-0.2, -0.15) is 0 Å². The zero-order valence-corrected chi connectivity index (χ0v) is 15.9. The Balaban J connectivity index is 1.62. The minimum Gasteiger partial charge on any atom is -0.493 e. The number of aromatic nitrogens is 2. The molecule has 0 atom stereocenters. The molecule has 1 aliphatic rings. The van der Waals surface area contributed by atoms with Crippen LogP contribution in [0.25, 0.3) is 10.2 Å². The third-order valence-electron chi connectivity index (χ3n) is 5.03. The number of thiophene rings is 1. The van der Waals surface area contributed by atoms with Gasteiger partial charge < -0.3 is 9.47 Å². The highest BCUT2D eigenvalue weighted by atomic mass is 32.1. The number of rotatable bonds is 5. The van der Waals surface area contributed by atoms with Crippen molar-refractivity contribution < 1.29 is 9.47 Å². The largest absolute Gasteiger partial charge is 0.493 e. The van der Waals surface area contributed by atoms with Gasteiger partial charge in [0.1, 0.15) is 4.83 Å². The van der Waals surface area contributed by atoms with Gasteiger partial charge in [0.05, 0.1) is 25.9 Å². The zero-order chi connectivity index (χ0) is 18.1. The Morgan fingerprint density at radius 2 is 1.96 bits per heavy atom. The van der Waals surface area contributed by atoms with Gasteiger partial charge in [0.2, 0.25) is 0 Å². The number of hydrogen-bond donors (Lipinski definition) is 0. The Bertz CT molecular complexity index is 1010. The molecule has 2 aromatic heterocycles. The number of ether oxygens (including phenoxy) is 2. The van der Waals surface area contributed by atoms with Gasteiger partial charge in [0.25, 0.3) is 5.56 Å². The van der Waals surface area contributed by atoms with Crippen LogP contribution in [0.2, 0.25) is 0 Å². The van der Waals surface area contributed by atoms with Gasteiger partial charge in [0, 0.05) is 11.4 Å². The van der Waals surface area contributed by atoms with Gasteiger partial charge in [-0.1, -0.05) is 6.07 Å². The van der Waals surface area contributed by atoms with E-state index in [0.717, 1.165) is 35.0 Å². The van der Waals surface area contributed by atoms with Gasteiger partial charge in [-0.05, 0) is 55.4 Å². The maximum absolute atomic E-state index is 13.0. The molecule has 2 heterocycles. The summed E-state index contributed by atoms with van der Waals surface area (Å²) in [5.74, 6) is 1.42. The van der Waals surface area contributed by atoms with Crippen molar-refractivity contribution >= 4 is 21.6 Å². The molecule has 0 fully saturated rings. The molecular weight excluding hydrogens is 348 g/mol. The highest BCUT2D eigenvalue weighted by Gasteiger charge is 2.19. The molecule has 26 heavy (non-hydrogen) atoms. The molecule has 0 radical (unpaired) electrons. The molecule has 0 saturated heterocycles. The zero-order valence-electron chi connectivity index (χ0n) is 15.1. The molecule has 4 rings (SSSR count). The van der Waals surface area contributed by atoms with E-state index in [1.165, 1.54) is 23.3 Å². The van der Waals surface area contributed by atoms with Crippen LogP contribution < -0.4 is 15.0 Å². The van der Waals surface area contributed by atoms with Crippen molar-refractivity contribution in [3.05, 3.63) is 50.9 Å². The van der Waals surface area contributed by atoms with E-state index >= 15 is 0 Å². The van der Waals surface area contributed by atoms with Crippen molar-refractivity contribution in [2.24, 2.45) is 0 Å². The monoisotopic (exact) mass is 370 g/mol. The van der Waals surface area contributed by atoms with Crippen molar-refractivity contribution in [1.29, 1.82) is 0 Å². The molecule has 0 bridgehead atoms. The van der Waals surface area contributed by atoms with Crippen molar-refractivity contribution in [3.63, 3.8) is 0 Å². The molecule has 3 aromatic rings. The Morgan fingerprint density at radius 3 is 2.77 bits per heavy atom. The topological polar surface area (TPSA) is 53.4 Å². The summed E-state index contributed by atoms with van der Waals surface area (Å²) in [6.45, 7) is 0.599. The number of fused-ring (bicyclic) bond motifs is 3. The van der Waals surface area contributed by atoms with E-state index in [1.54, 1.807) is 36.5 Å². The summed E-state index contributed by atoms with van der Waals surface area (Å²) in [4.78, 5) is 19.8. The summed E-state index contributed by atoms with van der Waals surface area (Å²) in [5.41, 5.74) is 2.44. The average Bonchev–Trinajstić information content (AvgIpc) is 3.06. The van der Waals surface area contributed by atoms with Crippen LogP contribution in [0.1, 0.15) is 28.8 Å². The number of aryl methyl sites for hydroxylation is 4. The van der Waals surface area contributed by atoms with E-state index in [0.29, 0.717) is 18.0 Å². The Hall–Kier alpha value is -2.34. The van der Waals surface area contributed by atoms with Crippen molar-refractivity contribution in [2.45, 2.75) is 38.6 Å². The molecule has 1 aliphatic carbocycles. The predicted molar refractivity (Wildman–Crippen MR) is 104 cm³/mol. The van der Waals surface area contributed by atoms with E-state index < -0.39 is 0 Å². The summed E-state index contributed by atoms with van der Waals surface area (Å²) < 4.78 is 12.4. The van der Waals surface area contributed by atoms with Crippen LogP contribution in [0.5, 0.6) is 11.5 Å². The van der Waals surface area contributed by atoms with Crippen LogP contribution >= 0.6 is 11.3 Å². The maximum atomic E-state index is 13.0. The second-order valence-electron chi connectivity index (χ2n) is 6.57. The van der Waals surface area contributed by atoms with E-state index in [-0.39, 0.29) is 5.56 Å². The Kier molecular flexibility index (Phi) is 4.68. The lowest BCUT2D eigenvalue weighted by Crippen LogP contribution is -2.22. The van der Waals surface area contributed by atoms with Crippen LogP contribution in [0.3, 0.4) is 0 Å². The second-order valence-corrected chi connectivity index (χ2v) is 7.66. The van der Waals surface area contributed by atoms with Crippen LogP contribution in [0, 0.1) is 0 Å². The van der Waals surface area contributed by atoms with E-state index in [2.05, 4.69) is 4.98 Å². The summed E-state index contributed by atoms with van der Waals surface area (Å²) in [6.07, 6.45) is 6.90. The van der Waals surface area contributed by atoms with Crippen molar-refractivity contribution in [2.75, 3.05) is 14.2 Å². The smallest absolute Gasteiger partial charge is 0.262 e. The van der Waals surface area contributed by atoms with Gasteiger partial charge in [-0.25, -0.2) is 4.98 Å². The van der Waals surface area contributed by atoms with E-state index in [1.807, 2.05) is 18.2 Å². The number of benzene rings is 1. The normalized spacial score (nSPS) is 13.6. The SMILES string of the molecule is COc1ccc(CCn2cnc3sc4c(c3c2=O)CCCC4)cc1OC.